The second kappa shape index (κ2) is 4.06. The Hall–Kier alpha value is -2.88. The number of phenolic OH excluding ortho intramolecular Hbond substituents is 1. The molecule has 0 saturated heterocycles. The molecule has 0 radical (unpaired) electrons. The standard InChI is InChI=1S/C16H11N3O/c20-15-7-6-12(11-4-1-2-5-13(11)15)14-10-19-9-3-8-17-16(19)18-14/h1-10,20H. The first-order valence-corrected chi connectivity index (χ1v) is 6.34. The monoisotopic (exact) mass is 261 g/mol. The highest BCUT2D eigenvalue weighted by atomic mass is 16.3. The lowest BCUT2D eigenvalue weighted by Crippen LogP contribution is -1.83. The summed E-state index contributed by atoms with van der Waals surface area (Å²) < 4.78 is 1.89. The Bertz CT molecular complexity index is 894. The maximum Gasteiger partial charge on any atom is 0.234 e. The highest BCUT2D eigenvalue weighted by Crippen LogP contribution is 2.33. The van der Waals surface area contributed by atoms with E-state index in [9.17, 15) is 5.11 Å². The number of aromatic hydroxyl groups is 1. The SMILES string of the molecule is Oc1ccc(-c2cn3cccnc3n2)c2ccccc12. The maximum absolute atomic E-state index is 9.94. The van der Waals surface area contributed by atoms with Crippen molar-refractivity contribution in [3.63, 3.8) is 0 Å². The van der Waals surface area contributed by atoms with Crippen LogP contribution in [0.15, 0.2) is 61.1 Å². The molecule has 0 bridgehead atoms. The molecule has 20 heavy (non-hydrogen) atoms. The Kier molecular flexibility index (Phi) is 2.23. The van der Waals surface area contributed by atoms with Crippen LogP contribution in [0.5, 0.6) is 5.75 Å². The molecule has 0 aliphatic heterocycles. The van der Waals surface area contributed by atoms with E-state index in [1.807, 2.05) is 53.2 Å². The topological polar surface area (TPSA) is 50.4 Å². The molecular weight excluding hydrogens is 250 g/mol. The zero-order valence-corrected chi connectivity index (χ0v) is 10.6. The van der Waals surface area contributed by atoms with Gasteiger partial charge < -0.3 is 5.11 Å². The average molecular weight is 261 g/mol. The fourth-order valence-electron chi connectivity index (χ4n) is 2.47. The minimum Gasteiger partial charge on any atom is -0.507 e. The molecule has 2 aromatic heterocycles. The molecule has 2 heterocycles. The number of hydrogen-bond donors (Lipinski definition) is 1. The number of imidazole rings is 1. The summed E-state index contributed by atoms with van der Waals surface area (Å²) in [4.78, 5) is 8.76. The number of aromatic nitrogens is 3. The molecule has 0 aliphatic rings. The van der Waals surface area contributed by atoms with Gasteiger partial charge in [0.2, 0.25) is 5.78 Å². The predicted molar refractivity (Wildman–Crippen MR) is 77.6 cm³/mol. The molecule has 1 N–H and O–H groups in total. The van der Waals surface area contributed by atoms with E-state index in [4.69, 9.17) is 0 Å². The van der Waals surface area contributed by atoms with Crippen LogP contribution in [0, 0.1) is 0 Å². The van der Waals surface area contributed by atoms with E-state index in [1.165, 1.54) is 0 Å². The van der Waals surface area contributed by atoms with Crippen molar-refractivity contribution in [2.75, 3.05) is 0 Å². The summed E-state index contributed by atoms with van der Waals surface area (Å²) in [5.41, 5.74) is 1.84. The molecule has 0 unspecified atom stereocenters. The lowest BCUT2D eigenvalue weighted by Gasteiger charge is -2.05. The van der Waals surface area contributed by atoms with E-state index < -0.39 is 0 Å². The van der Waals surface area contributed by atoms with Crippen LogP contribution in [0.25, 0.3) is 27.8 Å². The van der Waals surface area contributed by atoms with Gasteiger partial charge in [-0.1, -0.05) is 24.3 Å². The van der Waals surface area contributed by atoms with Crippen molar-refractivity contribution in [2.45, 2.75) is 0 Å². The van der Waals surface area contributed by atoms with Gasteiger partial charge in [-0.2, -0.15) is 0 Å². The molecule has 96 valence electrons. The highest BCUT2D eigenvalue weighted by molar-refractivity contribution is 5.99. The Labute approximate surface area is 115 Å². The van der Waals surface area contributed by atoms with Gasteiger partial charge in [-0.3, -0.25) is 4.40 Å². The Balaban J connectivity index is 2.04. The molecule has 0 saturated carbocycles. The summed E-state index contributed by atoms with van der Waals surface area (Å²) in [7, 11) is 0. The zero-order valence-electron chi connectivity index (χ0n) is 10.6. The number of benzene rings is 2. The molecule has 0 aliphatic carbocycles. The smallest absolute Gasteiger partial charge is 0.234 e. The van der Waals surface area contributed by atoms with Gasteiger partial charge in [0.1, 0.15) is 5.75 Å². The van der Waals surface area contributed by atoms with Crippen LogP contribution in [0.1, 0.15) is 0 Å². The highest BCUT2D eigenvalue weighted by Gasteiger charge is 2.10. The summed E-state index contributed by atoms with van der Waals surface area (Å²) in [5.74, 6) is 0.950. The minimum absolute atomic E-state index is 0.284. The maximum atomic E-state index is 9.94. The zero-order chi connectivity index (χ0) is 13.5. The van der Waals surface area contributed by atoms with E-state index in [1.54, 1.807) is 12.3 Å². The van der Waals surface area contributed by atoms with Crippen molar-refractivity contribution in [2.24, 2.45) is 0 Å². The van der Waals surface area contributed by atoms with Crippen LogP contribution < -0.4 is 0 Å². The van der Waals surface area contributed by atoms with Gasteiger partial charge in [0.05, 0.1) is 5.69 Å². The molecule has 2 aromatic carbocycles. The van der Waals surface area contributed by atoms with Crippen LogP contribution in [0.3, 0.4) is 0 Å². The number of nitrogens with zero attached hydrogens (tertiary/aromatic N) is 3. The third kappa shape index (κ3) is 1.55. The Morgan fingerprint density at radius 3 is 2.65 bits per heavy atom. The van der Waals surface area contributed by atoms with Crippen LogP contribution >= 0.6 is 0 Å². The fraction of sp³-hybridized carbons (Fsp3) is 0. The van der Waals surface area contributed by atoms with E-state index in [0.29, 0.717) is 5.78 Å². The van der Waals surface area contributed by atoms with Crippen molar-refractivity contribution in [1.29, 1.82) is 0 Å². The average Bonchev–Trinajstić information content (AvgIpc) is 2.91. The van der Waals surface area contributed by atoms with Crippen LogP contribution in [0.4, 0.5) is 0 Å². The Morgan fingerprint density at radius 1 is 0.950 bits per heavy atom. The van der Waals surface area contributed by atoms with Crippen LogP contribution in [-0.4, -0.2) is 19.5 Å². The molecule has 0 atom stereocenters. The molecule has 0 spiro atoms. The van der Waals surface area contributed by atoms with Gasteiger partial charge in [-0.15, -0.1) is 0 Å². The lowest BCUT2D eigenvalue weighted by atomic mass is 10.0. The molecule has 4 rings (SSSR count). The van der Waals surface area contributed by atoms with Crippen LogP contribution in [-0.2, 0) is 0 Å². The number of rotatable bonds is 1. The molecule has 4 nitrogen and oxygen atoms in total. The largest absolute Gasteiger partial charge is 0.507 e. The number of fused-ring (bicyclic) bond motifs is 2. The number of hydrogen-bond acceptors (Lipinski definition) is 3. The lowest BCUT2D eigenvalue weighted by molar-refractivity contribution is 0.481. The van der Waals surface area contributed by atoms with Crippen molar-refractivity contribution in [3.05, 3.63) is 61.1 Å². The third-order valence-electron chi connectivity index (χ3n) is 3.41. The molecule has 4 aromatic rings. The van der Waals surface area contributed by atoms with E-state index in [0.717, 1.165) is 22.0 Å². The van der Waals surface area contributed by atoms with Gasteiger partial charge >= 0.3 is 0 Å². The summed E-state index contributed by atoms with van der Waals surface area (Å²) in [6, 6.07) is 13.2. The van der Waals surface area contributed by atoms with Gasteiger partial charge in [-0.05, 0) is 23.6 Å². The first-order valence-electron chi connectivity index (χ1n) is 6.34. The second-order valence-corrected chi connectivity index (χ2v) is 4.63. The van der Waals surface area contributed by atoms with Gasteiger partial charge in [0.15, 0.2) is 0 Å². The first kappa shape index (κ1) is 11.0. The van der Waals surface area contributed by atoms with E-state index >= 15 is 0 Å². The number of phenols is 1. The van der Waals surface area contributed by atoms with Gasteiger partial charge in [0.25, 0.3) is 0 Å². The van der Waals surface area contributed by atoms with Gasteiger partial charge in [-0.25, -0.2) is 9.97 Å². The third-order valence-corrected chi connectivity index (χ3v) is 3.41. The van der Waals surface area contributed by atoms with Crippen molar-refractivity contribution in [3.8, 4) is 17.0 Å². The van der Waals surface area contributed by atoms with E-state index in [-0.39, 0.29) is 5.75 Å². The molecule has 0 amide bonds. The summed E-state index contributed by atoms with van der Waals surface area (Å²) >= 11 is 0. The van der Waals surface area contributed by atoms with Crippen molar-refractivity contribution < 1.29 is 5.11 Å². The molecule has 0 fully saturated rings. The predicted octanol–water partition coefficient (Wildman–Crippen LogP) is 3.26. The quantitative estimate of drug-likeness (QED) is 0.572. The summed E-state index contributed by atoms with van der Waals surface area (Å²) in [6.45, 7) is 0. The second-order valence-electron chi connectivity index (χ2n) is 4.63. The fourth-order valence-corrected chi connectivity index (χ4v) is 2.47. The van der Waals surface area contributed by atoms with Crippen molar-refractivity contribution >= 4 is 16.6 Å². The van der Waals surface area contributed by atoms with E-state index in [2.05, 4.69) is 9.97 Å². The first-order chi connectivity index (χ1) is 9.83. The van der Waals surface area contributed by atoms with Gasteiger partial charge in [0, 0.05) is 29.5 Å². The molecule has 4 heteroatoms. The molecular formula is C16H11N3O. The summed E-state index contributed by atoms with van der Waals surface area (Å²) in [6.07, 6.45) is 5.59. The van der Waals surface area contributed by atoms with Crippen molar-refractivity contribution in [1.82, 2.24) is 14.4 Å². The normalized spacial score (nSPS) is 11.2. The Morgan fingerprint density at radius 2 is 1.80 bits per heavy atom. The van der Waals surface area contributed by atoms with Crippen LogP contribution in [0.2, 0.25) is 0 Å². The summed E-state index contributed by atoms with van der Waals surface area (Å²) in [5, 5.41) is 11.8. The minimum atomic E-state index is 0.284.